The molecule has 0 nitrogen and oxygen atoms in total. The summed E-state index contributed by atoms with van der Waals surface area (Å²) in [5.74, 6) is 0. The summed E-state index contributed by atoms with van der Waals surface area (Å²) in [4.78, 5) is 0. The van der Waals surface area contributed by atoms with E-state index in [1.54, 1.807) is 0 Å². The maximum Gasteiger partial charge on any atom is 0.0406 e. The molecule has 0 saturated carbocycles. The van der Waals surface area contributed by atoms with Crippen molar-refractivity contribution in [2.24, 2.45) is 0 Å². The van der Waals surface area contributed by atoms with E-state index >= 15 is 0 Å². The van der Waals surface area contributed by atoms with Gasteiger partial charge in [0.1, 0.15) is 0 Å². The third-order valence-electron chi connectivity index (χ3n) is 2.53. The van der Waals surface area contributed by atoms with Crippen molar-refractivity contribution in [1.29, 1.82) is 0 Å². The third kappa shape index (κ3) is 2.34. The zero-order chi connectivity index (χ0) is 11.4. The molecule has 0 spiro atoms. The van der Waals surface area contributed by atoms with Gasteiger partial charge in [-0.2, -0.15) is 0 Å². The SMILES string of the molecule is C/C=C(\c1ccccc1)c1ccc(Cl)cc1. The van der Waals surface area contributed by atoms with E-state index in [4.69, 9.17) is 11.6 Å². The normalized spacial score (nSPS) is 11.5. The van der Waals surface area contributed by atoms with Gasteiger partial charge in [-0.3, -0.25) is 0 Å². The van der Waals surface area contributed by atoms with Gasteiger partial charge in [0.05, 0.1) is 0 Å². The van der Waals surface area contributed by atoms with E-state index in [0.29, 0.717) is 0 Å². The Hall–Kier alpha value is -1.53. The number of benzene rings is 2. The summed E-state index contributed by atoms with van der Waals surface area (Å²) in [6, 6.07) is 18.3. The van der Waals surface area contributed by atoms with Gasteiger partial charge in [-0.25, -0.2) is 0 Å². The highest BCUT2D eigenvalue weighted by molar-refractivity contribution is 6.30. The maximum absolute atomic E-state index is 5.89. The van der Waals surface area contributed by atoms with Crippen molar-refractivity contribution in [3.05, 3.63) is 76.8 Å². The highest BCUT2D eigenvalue weighted by atomic mass is 35.5. The van der Waals surface area contributed by atoms with Gasteiger partial charge < -0.3 is 0 Å². The molecule has 1 heteroatoms. The molecule has 0 saturated heterocycles. The van der Waals surface area contributed by atoms with E-state index in [-0.39, 0.29) is 0 Å². The monoisotopic (exact) mass is 228 g/mol. The van der Waals surface area contributed by atoms with Gasteiger partial charge >= 0.3 is 0 Å². The van der Waals surface area contributed by atoms with Crippen LogP contribution in [-0.4, -0.2) is 0 Å². The number of halogens is 1. The highest BCUT2D eigenvalue weighted by Gasteiger charge is 2.02. The lowest BCUT2D eigenvalue weighted by Crippen LogP contribution is -1.86. The highest BCUT2D eigenvalue weighted by Crippen LogP contribution is 2.24. The molecular weight excluding hydrogens is 216 g/mol. The molecule has 0 aromatic heterocycles. The lowest BCUT2D eigenvalue weighted by atomic mass is 9.98. The molecule has 0 amide bonds. The van der Waals surface area contributed by atoms with Gasteiger partial charge in [0, 0.05) is 5.02 Å². The van der Waals surface area contributed by atoms with Gasteiger partial charge in [0.2, 0.25) is 0 Å². The standard InChI is InChI=1S/C15H13Cl/c1-2-15(12-6-4-3-5-7-12)13-8-10-14(16)11-9-13/h2-11H,1H3/b15-2+. The Morgan fingerprint density at radius 2 is 1.44 bits per heavy atom. The minimum absolute atomic E-state index is 0.771. The summed E-state index contributed by atoms with van der Waals surface area (Å²) < 4.78 is 0. The van der Waals surface area contributed by atoms with Gasteiger partial charge in [-0.1, -0.05) is 60.1 Å². The number of rotatable bonds is 2. The van der Waals surface area contributed by atoms with Gasteiger partial charge in [0.15, 0.2) is 0 Å². The zero-order valence-corrected chi connectivity index (χ0v) is 9.91. The fourth-order valence-corrected chi connectivity index (χ4v) is 1.87. The first-order valence-corrected chi connectivity index (χ1v) is 5.67. The van der Waals surface area contributed by atoms with Gasteiger partial charge in [-0.05, 0) is 35.8 Å². The molecule has 0 aliphatic carbocycles. The van der Waals surface area contributed by atoms with E-state index in [1.165, 1.54) is 16.7 Å². The van der Waals surface area contributed by atoms with Crippen molar-refractivity contribution in [1.82, 2.24) is 0 Å². The first-order chi connectivity index (χ1) is 7.81. The second-order valence-corrected chi connectivity index (χ2v) is 4.01. The molecule has 2 aromatic rings. The summed E-state index contributed by atoms with van der Waals surface area (Å²) in [7, 11) is 0. The Labute approximate surface area is 101 Å². The summed E-state index contributed by atoms with van der Waals surface area (Å²) in [5.41, 5.74) is 3.66. The molecule has 0 aliphatic heterocycles. The predicted molar refractivity (Wildman–Crippen MR) is 70.6 cm³/mol. The molecule has 0 aliphatic rings. The lowest BCUT2D eigenvalue weighted by Gasteiger charge is -2.07. The van der Waals surface area contributed by atoms with Crippen molar-refractivity contribution in [3.8, 4) is 0 Å². The molecule has 0 atom stereocenters. The Morgan fingerprint density at radius 3 is 2.00 bits per heavy atom. The van der Waals surface area contributed by atoms with Crippen LogP contribution < -0.4 is 0 Å². The molecule has 80 valence electrons. The first-order valence-electron chi connectivity index (χ1n) is 5.29. The number of hydrogen-bond acceptors (Lipinski definition) is 0. The van der Waals surface area contributed by atoms with Crippen LogP contribution in [0.25, 0.3) is 5.57 Å². The second kappa shape index (κ2) is 5.00. The van der Waals surface area contributed by atoms with Crippen LogP contribution in [-0.2, 0) is 0 Å². The molecule has 0 N–H and O–H groups in total. The predicted octanol–water partition coefficient (Wildman–Crippen LogP) is 4.79. The molecule has 16 heavy (non-hydrogen) atoms. The number of allylic oxidation sites excluding steroid dienone is 1. The molecule has 0 heterocycles. The van der Waals surface area contributed by atoms with Crippen molar-refractivity contribution < 1.29 is 0 Å². The van der Waals surface area contributed by atoms with Crippen LogP contribution in [0.4, 0.5) is 0 Å². The minimum atomic E-state index is 0.771. The zero-order valence-electron chi connectivity index (χ0n) is 9.15. The van der Waals surface area contributed by atoms with Crippen molar-refractivity contribution >= 4 is 17.2 Å². The van der Waals surface area contributed by atoms with E-state index in [1.807, 2.05) is 30.3 Å². The Kier molecular flexibility index (Phi) is 3.43. The smallest absolute Gasteiger partial charge is 0.0406 e. The quantitative estimate of drug-likeness (QED) is 0.693. The summed E-state index contributed by atoms with van der Waals surface area (Å²) in [6.07, 6.45) is 2.12. The molecular formula is C15H13Cl. The van der Waals surface area contributed by atoms with Crippen LogP contribution in [0, 0.1) is 0 Å². The van der Waals surface area contributed by atoms with Crippen LogP contribution >= 0.6 is 11.6 Å². The van der Waals surface area contributed by atoms with Crippen LogP contribution in [0.2, 0.25) is 5.02 Å². The van der Waals surface area contributed by atoms with Gasteiger partial charge in [0.25, 0.3) is 0 Å². The van der Waals surface area contributed by atoms with E-state index in [0.717, 1.165) is 5.02 Å². The summed E-state index contributed by atoms with van der Waals surface area (Å²) in [5, 5.41) is 0.771. The molecule has 0 unspecified atom stereocenters. The topological polar surface area (TPSA) is 0 Å². The molecule has 0 bridgehead atoms. The number of hydrogen-bond donors (Lipinski definition) is 0. The summed E-state index contributed by atoms with van der Waals surface area (Å²) >= 11 is 5.89. The molecule has 0 radical (unpaired) electrons. The Morgan fingerprint density at radius 1 is 0.875 bits per heavy atom. The fraction of sp³-hybridized carbons (Fsp3) is 0.0667. The maximum atomic E-state index is 5.89. The average Bonchev–Trinajstić information content (AvgIpc) is 2.34. The third-order valence-corrected chi connectivity index (χ3v) is 2.78. The lowest BCUT2D eigenvalue weighted by molar-refractivity contribution is 1.53. The van der Waals surface area contributed by atoms with Crippen LogP contribution in [0.5, 0.6) is 0 Å². The molecule has 2 rings (SSSR count). The van der Waals surface area contributed by atoms with E-state index in [9.17, 15) is 0 Å². The Bertz CT molecular complexity index is 481. The largest absolute Gasteiger partial charge is 0.0843 e. The van der Waals surface area contributed by atoms with E-state index < -0.39 is 0 Å². The van der Waals surface area contributed by atoms with Crippen LogP contribution in [0.1, 0.15) is 18.1 Å². The van der Waals surface area contributed by atoms with Crippen LogP contribution in [0.15, 0.2) is 60.7 Å². The fourth-order valence-electron chi connectivity index (χ4n) is 1.75. The van der Waals surface area contributed by atoms with Crippen molar-refractivity contribution in [2.45, 2.75) is 6.92 Å². The van der Waals surface area contributed by atoms with Crippen molar-refractivity contribution in [2.75, 3.05) is 0 Å². The minimum Gasteiger partial charge on any atom is -0.0843 e. The van der Waals surface area contributed by atoms with Crippen molar-refractivity contribution in [3.63, 3.8) is 0 Å². The van der Waals surface area contributed by atoms with Crippen LogP contribution in [0.3, 0.4) is 0 Å². The average molecular weight is 229 g/mol. The van der Waals surface area contributed by atoms with E-state index in [2.05, 4.69) is 37.3 Å². The first kappa shape index (κ1) is 11.0. The molecule has 0 fully saturated rings. The molecule has 2 aromatic carbocycles. The Balaban J connectivity index is 2.42. The van der Waals surface area contributed by atoms with Gasteiger partial charge in [-0.15, -0.1) is 0 Å². The second-order valence-electron chi connectivity index (χ2n) is 3.58. The summed E-state index contributed by atoms with van der Waals surface area (Å²) in [6.45, 7) is 2.05.